The van der Waals surface area contributed by atoms with Gasteiger partial charge in [-0.25, -0.2) is 0 Å². The third-order valence-corrected chi connectivity index (χ3v) is 4.56. The SMILES string of the molecule is O=C(NC(=S)Nc1ccccc1OCc1ccccc1)c1cccc(I)c1. The van der Waals surface area contributed by atoms with Gasteiger partial charge in [-0.1, -0.05) is 48.5 Å². The van der Waals surface area contributed by atoms with Gasteiger partial charge in [0.05, 0.1) is 5.69 Å². The highest BCUT2D eigenvalue weighted by molar-refractivity contribution is 14.1. The maximum atomic E-state index is 12.3. The van der Waals surface area contributed by atoms with Crippen molar-refractivity contribution >= 4 is 51.5 Å². The van der Waals surface area contributed by atoms with E-state index in [9.17, 15) is 4.79 Å². The van der Waals surface area contributed by atoms with Crippen LogP contribution in [0.1, 0.15) is 15.9 Å². The Morgan fingerprint density at radius 1 is 0.963 bits per heavy atom. The van der Waals surface area contributed by atoms with Gasteiger partial charge in [0.25, 0.3) is 5.91 Å². The number of carbonyl (C=O) groups excluding carboxylic acids is 1. The summed E-state index contributed by atoms with van der Waals surface area (Å²) in [6, 6.07) is 24.7. The number of para-hydroxylation sites is 2. The summed E-state index contributed by atoms with van der Waals surface area (Å²) in [5.41, 5.74) is 2.32. The molecule has 0 aromatic heterocycles. The highest BCUT2D eigenvalue weighted by Crippen LogP contribution is 2.24. The Bertz CT molecular complexity index is 948. The first kappa shape index (κ1) is 19.3. The summed E-state index contributed by atoms with van der Waals surface area (Å²) in [5, 5.41) is 5.95. The monoisotopic (exact) mass is 488 g/mol. The predicted molar refractivity (Wildman–Crippen MR) is 120 cm³/mol. The summed E-state index contributed by atoms with van der Waals surface area (Å²) < 4.78 is 6.88. The number of halogens is 1. The topological polar surface area (TPSA) is 50.4 Å². The molecular formula is C21H17IN2O2S. The molecule has 0 spiro atoms. The van der Waals surface area contributed by atoms with Crippen molar-refractivity contribution < 1.29 is 9.53 Å². The molecule has 136 valence electrons. The van der Waals surface area contributed by atoms with E-state index in [0.29, 0.717) is 23.6 Å². The molecule has 0 atom stereocenters. The number of anilines is 1. The minimum atomic E-state index is -0.256. The van der Waals surface area contributed by atoms with Gasteiger partial charge in [-0.2, -0.15) is 0 Å². The van der Waals surface area contributed by atoms with Crippen LogP contribution in [-0.2, 0) is 6.61 Å². The number of ether oxygens (including phenoxy) is 1. The third kappa shape index (κ3) is 5.77. The maximum Gasteiger partial charge on any atom is 0.257 e. The van der Waals surface area contributed by atoms with E-state index >= 15 is 0 Å². The van der Waals surface area contributed by atoms with Crippen LogP contribution in [0, 0.1) is 3.57 Å². The van der Waals surface area contributed by atoms with Gasteiger partial charge in [-0.15, -0.1) is 0 Å². The minimum Gasteiger partial charge on any atom is -0.487 e. The first-order valence-electron chi connectivity index (χ1n) is 8.25. The molecule has 3 aromatic carbocycles. The second kappa shape index (κ2) is 9.48. The number of nitrogens with one attached hydrogen (secondary N) is 2. The average molecular weight is 488 g/mol. The van der Waals surface area contributed by atoms with E-state index in [0.717, 1.165) is 9.13 Å². The summed E-state index contributed by atoms with van der Waals surface area (Å²) in [4.78, 5) is 12.3. The van der Waals surface area contributed by atoms with E-state index < -0.39 is 0 Å². The van der Waals surface area contributed by atoms with Crippen molar-refractivity contribution in [1.29, 1.82) is 0 Å². The van der Waals surface area contributed by atoms with Gasteiger partial charge in [0, 0.05) is 9.13 Å². The second-order valence-corrected chi connectivity index (χ2v) is 7.34. The lowest BCUT2D eigenvalue weighted by Gasteiger charge is -2.14. The van der Waals surface area contributed by atoms with Crippen LogP contribution in [0.5, 0.6) is 5.75 Å². The van der Waals surface area contributed by atoms with Crippen LogP contribution in [0.25, 0.3) is 0 Å². The number of amides is 1. The fourth-order valence-electron chi connectivity index (χ4n) is 2.39. The molecule has 3 rings (SSSR count). The van der Waals surface area contributed by atoms with Crippen LogP contribution in [0.15, 0.2) is 78.9 Å². The van der Waals surface area contributed by atoms with Crippen LogP contribution in [-0.4, -0.2) is 11.0 Å². The number of thiocarbonyl (C=S) groups is 1. The first-order valence-corrected chi connectivity index (χ1v) is 9.74. The summed E-state index contributed by atoms with van der Waals surface area (Å²) in [5.74, 6) is 0.404. The smallest absolute Gasteiger partial charge is 0.257 e. The Kier molecular flexibility index (Phi) is 6.78. The highest BCUT2D eigenvalue weighted by Gasteiger charge is 2.10. The van der Waals surface area contributed by atoms with Crippen molar-refractivity contribution in [2.24, 2.45) is 0 Å². The standard InChI is InChI=1S/C21H17IN2O2S/c22-17-10-6-9-16(13-17)20(25)24-21(27)23-18-11-4-5-12-19(18)26-14-15-7-2-1-3-8-15/h1-13H,14H2,(H2,23,24,25,27). The zero-order valence-corrected chi connectivity index (χ0v) is 17.3. The molecule has 3 aromatic rings. The fourth-order valence-corrected chi connectivity index (χ4v) is 3.14. The predicted octanol–water partition coefficient (Wildman–Crippen LogP) is 5.00. The molecule has 0 aliphatic heterocycles. The molecular weight excluding hydrogens is 471 g/mol. The molecule has 0 unspecified atom stereocenters. The van der Waals surface area contributed by atoms with Gasteiger partial charge in [-0.3, -0.25) is 10.1 Å². The normalized spacial score (nSPS) is 10.1. The molecule has 0 bridgehead atoms. The van der Waals surface area contributed by atoms with Crippen LogP contribution < -0.4 is 15.4 Å². The van der Waals surface area contributed by atoms with Crippen molar-refractivity contribution in [3.63, 3.8) is 0 Å². The zero-order chi connectivity index (χ0) is 19.1. The molecule has 4 nitrogen and oxygen atoms in total. The molecule has 0 radical (unpaired) electrons. The molecule has 6 heteroatoms. The van der Waals surface area contributed by atoms with Crippen molar-refractivity contribution in [3.05, 3.63) is 93.6 Å². The molecule has 0 aliphatic rings. The second-order valence-electron chi connectivity index (χ2n) is 5.69. The van der Waals surface area contributed by atoms with E-state index in [4.69, 9.17) is 17.0 Å². The van der Waals surface area contributed by atoms with Crippen LogP contribution in [0.4, 0.5) is 5.69 Å². The molecule has 0 heterocycles. The molecule has 1 amide bonds. The van der Waals surface area contributed by atoms with Gasteiger partial charge in [0.15, 0.2) is 5.11 Å². The van der Waals surface area contributed by atoms with Gasteiger partial charge in [-0.05, 0) is 70.7 Å². The average Bonchev–Trinajstić information content (AvgIpc) is 2.68. The molecule has 0 saturated heterocycles. The molecule has 0 saturated carbocycles. The lowest BCUT2D eigenvalue weighted by atomic mass is 10.2. The Morgan fingerprint density at radius 2 is 1.70 bits per heavy atom. The van der Waals surface area contributed by atoms with Gasteiger partial charge >= 0.3 is 0 Å². The molecule has 27 heavy (non-hydrogen) atoms. The third-order valence-electron chi connectivity index (χ3n) is 3.69. The van der Waals surface area contributed by atoms with E-state index in [1.54, 1.807) is 12.1 Å². The first-order chi connectivity index (χ1) is 13.1. The van der Waals surface area contributed by atoms with Crippen LogP contribution >= 0.6 is 34.8 Å². The van der Waals surface area contributed by atoms with Crippen LogP contribution in [0.2, 0.25) is 0 Å². The number of hydrogen-bond acceptors (Lipinski definition) is 3. The molecule has 2 N–H and O–H groups in total. The Balaban J connectivity index is 1.63. The zero-order valence-electron chi connectivity index (χ0n) is 14.3. The van der Waals surface area contributed by atoms with Crippen molar-refractivity contribution in [2.75, 3.05) is 5.32 Å². The van der Waals surface area contributed by atoms with E-state index in [2.05, 4.69) is 33.2 Å². The van der Waals surface area contributed by atoms with Crippen molar-refractivity contribution in [3.8, 4) is 5.75 Å². The van der Waals surface area contributed by atoms with Gasteiger partial charge < -0.3 is 10.1 Å². The fraction of sp³-hybridized carbons (Fsp3) is 0.0476. The van der Waals surface area contributed by atoms with Crippen molar-refractivity contribution in [2.45, 2.75) is 6.61 Å². The summed E-state index contributed by atoms with van der Waals surface area (Å²) in [7, 11) is 0. The number of rotatable bonds is 5. The van der Waals surface area contributed by atoms with Crippen molar-refractivity contribution in [1.82, 2.24) is 5.32 Å². The molecule has 0 fully saturated rings. The Morgan fingerprint density at radius 3 is 2.48 bits per heavy atom. The summed E-state index contributed by atoms with van der Waals surface area (Å²) in [6.45, 7) is 0.446. The van der Waals surface area contributed by atoms with Gasteiger partial charge in [0.2, 0.25) is 0 Å². The van der Waals surface area contributed by atoms with Gasteiger partial charge in [0.1, 0.15) is 12.4 Å². The van der Waals surface area contributed by atoms with Crippen LogP contribution in [0.3, 0.4) is 0 Å². The van der Waals surface area contributed by atoms with E-state index in [-0.39, 0.29) is 11.0 Å². The minimum absolute atomic E-state index is 0.217. The van der Waals surface area contributed by atoms with E-state index in [1.807, 2.05) is 66.7 Å². The maximum absolute atomic E-state index is 12.3. The Labute approximate surface area is 177 Å². The highest BCUT2D eigenvalue weighted by atomic mass is 127. The van der Waals surface area contributed by atoms with E-state index in [1.165, 1.54) is 0 Å². The number of hydrogen-bond donors (Lipinski definition) is 2. The summed E-state index contributed by atoms with van der Waals surface area (Å²) >= 11 is 7.45. The number of benzene rings is 3. The lowest BCUT2D eigenvalue weighted by Crippen LogP contribution is -2.34. The number of carbonyl (C=O) groups is 1. The Hall–Kier alpha value is -2.45. The summed E-state index contributed by atoms with van der Waals surface area (Å²) in [6.07, 6.45) is 0. The quantitative estimate of drug-likeness (QED) is 0.392. The largest absolute Gasteiger partial charge is 0.487 e. The lowest BCUT2D eigenvalue weighted by molar-refractivity contribution is 0.0977. The molecule has 0 aliphatic carbocycles.